The topological polar surface area (TPSA) is 57.6 Å². The lowest BCUT2D eigenvalue weighted by Crippen LogP contribution is -2.39. The van der Waals surface area contributed by atoms with Crippen LogP contribution in [0.1, 0.15) is 40.0 Å². The van der Waals surface area contributed by atoms with E-state index in [1.165, 1.54) is 4.90 Å². The van der Waals surface area contributed by atoms with Crippen LogP contribution in [-0.4, -0.2) is 35.0 Å². The Kier molecular flexibility index (Phi) is 3.94. The predicted molar refractivity (Wildman–Crippen MR) is 61.4 cm³/mol. The van der Waals surface area contributed by atoms with Gasteiger partial charge in [0.1, 0.15) is 5.78 Å². The number of hydrogen-bond donors (Lipinski definition) is 1. The van der Waals surface area contributed by atoms with E-state index in [-0.39, 0.29) is 17.1 Å². The van der Waals surface area contributed by atoms with E-state index in [4.69, 9.17) is 5.11 Å². The van der Waals surface area contributed by atoms with Crippen LogP contribution in [0.25, 0.3) is 0 Å². The minimum absolute atomic E-state index is 0.0288. The molecule has 16 heavy (non-hydrogen) atoms. The summed E-state index contributed by atoms with van der Waals surface area (Å²) in [7, 11) is 0. The van der Waals surface area contributed by atoms with Crippen molar-refractivity contribution in [1.82, 2.24) is 4.90 Å². The maximum absolute atomic E-state index is 11.9. The van der Waals surface area contributed by atoms with Crippen molar-refractivity contribution in [2.24, 2.45) is 11.3 Å². The van der Waals surface area contributed by atoms with Crippen LogP contribution in [0.15, 0.2) is 0 Å². The normalized spacial score (nSPS) is 18.6. The fraction of sp³-hybridized carbons (Fsp3) is 0.833. The van der Waals surface area contributed by atoms with Gasteiger partial charge in [0.05, 0.1) is 0 Å². The zero-order valence-electron chi connectivity index (χ0n) is 10.3. The third-order valence-corrected chi connectivity index (χ3v) is 2.93. The van der Waals surface area contributed by atoms with E-state index in [0.717, 1.165) is 0 Å². The molecule has 1 N–H and O–H groups in total. The lowest BCUT2D eigenvalue weighted by atomic mass is 9.82. The first kappa shape index (κ1) is 13.0. The Hall–Kier alpha value is -1.06. The molecular formula is C12H21NO3. The fourth-order valence-electron chi connectivity index (χ4n) is 2.06. The van der Waals surface area contributed by atoms with Crippen molar-refractivity contribution < 1.29 is 14.7 Å². The zero-order valence-corrected chi connectivity index (χ0v) is 10.3. The molecule has 0 atom stereocenters. The van der Waals surface area contributed by atoms with E-state index in [0.29, 0.717) is 32.4 Å². The predicted octanol–water partition coefficient (Wildman–Crippen LogP) is 2.38. The molecule has 0 unspecified atom stereocenters. The summed E-state index contributed by atoms with van der Waals surface area (Å²) in [6.45, 7) is 7.15. The highest BCUT2D eigenvalue weighted by Gasteiger charge is 2.29. The molecule has 0 aliphatic carbocycles. The fourth-order valence-corrected chi connectivity index (χ4v) is 2.06. The van der Waals surface area contributed by atoms with Gasteiger partial charge in [-0.05, 0) is 18.3 Å². The minimum Gasteiger partial charge on any atom is -0.465 e. The molecule has 1 amide bonds. The molecule has 0 aromatic carbocycles. The number of ketones is 1. The molecule has 0 bridgehead atoms. The van der Waals surface area contributed by atoms with Gasteiger partial charge < -0.3 is 10.0 Å². The minimum atomic E-state index is -0.873. The van der Waals surface area contributed by atoms with Gasteiger partial charge in [-0.15, -0.1) is 0 Å². The van der Waals surface area contributed by atoms with E-state index >= 15 is 0 Å². The molecule has 0 spiro atoms. The lowest BCUT2D eigenvalue weighted by molar-refractivity contribution is -0.125. The standard InChI is InChI=1S/C12H21NO3/c1-12(2,3)8-10(14)9-4-6-13(7-5-9)11(15)16/h9H,4-8H2,1-3H3,(H,15,16). The van der Waals surface area contributed by atoms with Crippen molar-refractivity contribution >= 4 is 11.9 Å². The molecule has 1 rings (SSSR count). The van der Waals surface area contributed by atoms with Crippen molar-refractivity contribution in [1.29, 1.82) is 0 Å². The highest BCUT2D eigenvalue weighted by atomic mass is 16.4. The summed E-state index contributed by atoms with van der Waals surface area (Å²) < 4.78 is 0. The Labute approximate surface area is 96.6 Å². The van der Waals surface area contributed by atoms with Crippen molar-refractivity contribution in [2.75, 3.05) is 13.1 Å². The Morgan fingerprint density at radius 2 is 1.75 bits per heavy atom. The molecule has 1 saturated heterocycles. The van der Waals surface area contributed by atoms with Crippen LogP contribution in [0.3, 0.4) is 0 Å². The van der Waals surface area contributed by atoms with E-state index in [9.17, 15) is 9.59 Å². The van der Waals surface area contributed by atoms with Gasteiger partial charge in [-0.2, -0.15) is 0 Å². The van der Waals surface area contributed by atoms with Gasteiger partial charge in [-0.25, -0.2) is 4.79 Å². The first-order valence-electron chi connectivity index (χ1n) is 5.80. The molecule has 4 nitrogen and oxygen atoms in total. The van der Waals surface area contributed by atoms with E-state index < -0.39 is 6.09 Å². The summed E-state index contributed by atoms with van der Waals surface area (Å²) in [6.07, 6.45) is 1.08. The number of Topliss-reactive ketones (excluding diaryl/α,β-unsaturated/α-hetero) is 1. The quantitative estimate of drug-likeness (QED) is 0.788. The van der Waals surface area contributed by atoms with Gasteiger partial charge in [0.25, 0.3) is 0 Å². The van der Waals surface area contributed by atoms with Crippen molar-refractivity contribution in [2.45, 2.75) is 40.0 Å². The Bertz CT molecular complexity index is 272. The second-order valence-electron chi connectivity index (χ2n) is 5.75. The molecule has 0 saturated carbocycles. The van der Waals surface area contributed by atoms with Gasteiger partial charge in [-0.3, -0.25) is 4.79 Å². The van der Waals surface area contributed by atoms with Crippen LogP contribution in [0.2, 0.25) is 0 Å². The van der Waals surface area contributed by atoms with Crippen LogP contribution in [0.5, 0.6) is 0 Å². The van der Waals surface area contributed by atoms with Gasteiger partial charge >= 0.3 is 6.09 Å². The SMILES string of the molecule is CC(C)(C)CC(=O)C1CCN(C(=O)O)CC1. The number of nitrogens with zero attached hydrogens (tertiary/aromatic N) is 1. The van der Waals surface area contributed by atoms with Gasteiger partial charge in [0.15, 0.2) is 0 Å². The number of carbonyl (C=O) groups excluding carboxylic acids is 1. The zero-order chi connectivity index (χ0) is 12.3. The number of likely N-dealkylation sites (tertiary alicyclic amines) is 1. The number of carboxylic acid groups (broad SMARTS) is 1. The Morgan fingerprint density at radius 1 is 1.25 bits per heavy atom. The highest BCUT2D eigenvalue weighted by Crippen LogP contribution is 2.26. The van der Waals surface area contributed by atoms with Gasteiger partial charge in [-0.1, -0.05) is 20.8 Å². The van der Waals surface area contributed by atoms with Crippen LogP contribution in [0.4, 0.5) is 4.79 Å². The van der Waals surface area contributed by atoms with Crippen molar-refractivity contribution in [3.8, 4) is 0 Å². The molecule has 4 heteroatoms. The second kappa shape index (κ2) is 4.85. The summed E-state index contributed by atoms with van der Waals surface area (Å²) in [5.41, 5.74) is 0.0288. The van der Waals surface area contributed by atoms with Crippen LogP contribution in [-0.2, 0) is 4.79 Å². The third kappa shape index (κ3) is 3.83. The Balaban J connectivity index is 2.42. The van der Waals surface area contributed by atoms with Crippen LogP contribution in [0, 0.1) is 11.3 Å². The van der Waals surface area contributed by atoms with E-state index in [1.54, 1.807) is 0 Å². The number of rotatable bonds is 2. The first-order chi connectivity index (χ1) is 7.29. The van der Waals surface area contributed by atoms with Crippen LogP contribution < -0.4 is 0 Å². The largest absolute Gasteiger partial charge is 0.465 e. The average molecular weight is 227 g/mol. The van der Waals surface area contributed by atoms with Gasteiger partial charge in [0.2, 0.25) is 0 Å². The van der Waals surface area contributed by atoms with Gasteiger partial charge in [0, 0.05) is 25.4 Å². The smallest absolute Gasteiger partial charge is 0.407 e. The molecule has 92 valence electrons. The molecule has 1 aliphatic rings. The lowest BCUT2D eigenvalue weighted by Gasteiger charge is -2.30. The number of carbonyl (C=O) groups is 2. The summed E-state index contributed by atoms with van der Waals surface area (Å²) in [5.74, 6) is 0.354. The molecule has 0 aromatic rings. The van der Waals surface area contributed by atoms with Crippen molar-refractivity contribution in [3.63, 3.8) is 0 Å². The van der Waals surface area contributed by atoms with Crippen LogP contribution >= 0.6 is 0 Å². The number of amides is 1. The second-order valence-corrected chi connectivity index (χ2v) is 5.75. The number of hydrogen-bond acceptors (Lipinski definition) is 2. The first-order valence-corrected chi connectivity index (χ1v) is 5.80. The number of piperidine rings is 1. The Morgan fingerprint density at radius 3 is 2.12 bits per heavy atom. The monoisotopic (exact) mass is 227 g/mol. The molecule has 0 aromatic heterocycles. The van der Waals surface area contributed by atoms with Crippen molar-refractivity contribution in [3.05, 3.63) is 0 Å². The molecule has 1 fully saturated rings. The maximum Gasteiger partial charge on any atom is 0.407 e. The molecule has 0 radical (unpaired) electrons. The summed E-state index contributed by atoms with van der Waals surface area (Å²) in [5, 5.41) is 8.79. The summed E-state index contributed by atoms with van der Waals surface area (Å²) >= 11 is 0. The highest BCUT2D eigenvalue weighted by molar-refractivity contribution is 5.81. The van der Waals surface area contributed by atoms with E-state index in [2.05, 4.69) is 20.8 Å². The summed E-state index contributed by atoms with van der Waals surface area (Å²) in [6, 6.07) is 0. The molecule has 1 aliphatic heterocycles. The van der Waals surface area contributed by atoms with E-state index in [1.807, 2.05) is 0 Å². The summed E-state index contributed by atoms with van der Waals surface area (Å²) in [4.78, 5) is 24.0. The maximum atomic E-state index is 11.9. The average Bonchev–Trinajstić information content (AvgIpc) is 2.15. The third-order valence-electron chi connectivity index (χ3n) is 2.93. The molecular weight excluding hydrogens is 206 g/mol. The molecule has 1 heterocycles.